The van der Waals surface area contributed by atoms with Crippen LogP contribution in [0.2, 0.25) is 0 Å². The molecule has 1 fully saturated rings. The monoisotopic (exact) mass is 176 g/mol. The number of hydrogen-bond acceptors (Lipinski definition) is 2. The van der Waals surface area contributed by atoms with Crippen LogP contribution >= 0.6 is 0 Å². The van der Waals surface area contributed by atoms with Gasteiger partial charge in [0.15, 0.2) is 0 Å². The molecule has 70 valence electrons. The standard InChI is InChI=1S/C11H16N2/c1-2-5-11(6-3-1)13-9-4-7-12-8-10-13/h1-3,5-6,12H,4,7-10H2. The van der Waals surface area contributed by atoms with Crippen LogP contribution in [0.4, 0.5) is 5.69 Å². The molecule has 2 heteroatoms. The lowest BCUT2D eigenvalue weighted by Gasteiger charge is -2.21. The van der Waals surface area contributed by atoms with E-state index in [4.69, 9.17) is 0 Å². The van der Waals surface area contributed by atoms with Gasteiger partial charge in [-0.1, -0.05) is 18.2 Å². The van der Waals surface area contributed by atoms with E-state index in [1.165, 1.54) is 18.7 Å². The zero-order valence-corrected chi connectivity index (χ0v) is 7.87. The molecule has 0 amide bonds. The summed E-state index contributed by atoms with van der Waals surface area (Å²) in [6, 6.07) is 10.7. The van der Waals surface area contributed by atoms with Crippen molar-refractivity contribution in [2.45, 2.75) is 6.42 Å². The second kappa shape index (κ2) is 4.28. The Bertz CT molecular complexity index is 238. The van der Waals surface area contributed by atoms with E-state index in [9.17, 15) is 0 Å². The summed E-state index contributed by atoms with van der Waals surface area (Å²) in [7, 11) is 0. The fraction of sp³-hybridized carbons (Fsp3) is 0.455. The van der Waals surface area contributed by atoms with Crippen molar-refractivity contribution in [2.24, 2.45) is 0 Å². The van der Waals surface area contributed by atoms with E-state index in [0.717, 1.165) is 19.6 Å². The Labute approximate surface area is 79.6 Å². The zero-order valence-electron chi connectivity index (χ0n) is 7.87. The first-order chi connectivity index (χ1) is 6.47. The molecule has 1 N–H and O–H groups in total. The number of nitrogens with zero attached hydrogens (tertiary/aromatic N) is 1. The molecule has 0 radical (unpaired) electrons. The average Bonchev–Trinajstić information content (AvgIpc) is 2.47. The third-order valence-corrected chi connectivity index (χ3v) is 2.46. The van der Waals surface area contributed by atoms with E-state index in [0.29, 0.717) is 0 Å². The largest absolute Gasteiger partial charge is 0.370 e. The van der Waals surface area contributed by atoms with Crippen molar-refractivity contribution in [1.29, 1.82) is 0 Å². The zero-order chi connectivity index (χ0) is 8.93. The highest BCUT2D eigenvalue weighted by atomic mass is 15.2. The van der Waals surface area contributed by atoms with Gasteiger partial charge in [-0.3, -0.25) is 0 Å². The molecule has 0 spiro atoms. The van der Waals surface area contributed by atoms with E-state index in [-0.39, 0.29) is 0 Å². The predicted octanol–water partition coefficient (Wildman–Crippen LogP) is 1.49. The van der Waals surface area contributed by atoms with Crippen molar-refractivity contribution in [3.8, 4) is 0 Å². The molecule has 1 aliphatic rings. The van der Waals surface area contributed by atoms with Gasteiger partial charge in [0.25, 0.3) is 0 Å². The Morgan fingerprint density at radius 2 is 1.85 bits per heavy atom. The topological polar surface area (TPSA) is 15.3 Å². The van der Waals surface area contributed by atoms with Crippen LogP contribution in [-0.2, 0) is 0 Å². The Kier molecular flexibility index (Phi) is 2.82. The van der Waals surface area contributed by atoms with Gasteiger partial charge in [-0.05, 0) is 25.1 Å². The summed E-state index contributed by atoms with van der Waals surface area (Å²) in [6.45, 7) is 4.57. The normalized spacial score (nSPS) is 18.3. The van der Waals surface area contributed by atoms with Crippen LogP contribution in [0.15, 0.2) is 30.3 Å². The highest BCUT2D eigenvalue weighted by Gasteiger charge is 2.07. The molecule has 0 unspecified atom stereocenters. The molecule has 0 saturated carbocycles. The number of hydrogen-bond donors (Lipinski definition) is 1. The first-order valence-electron chi connectivity index (χ1n) is 4.97. The van der Waals surface area contributed by atoms with Gasteiger partial charge in [-0.2, -0.15) is 0 Å². The third-order valence-electron chi connectivity index (χ3n) is 2.46. The Morgan fingerprint density at radius 3 is 2.69 bits per heavy atom. The molecular weight excluding hydrogens is 160 g/mol. The summed E-state index contributed by atoms with van der Waals surface area (Å²) in [5, 5.41) is 3.41. The van der Waals surface area contributed by atoms with Gasteiger partial charge in [0.1, 0.15) is 0 Å². The lowest BCUT2D eigenvalue weighted by molar-refractivity contribution is 0.724. The van der Waals surface area contributed by atoms with Crippen molar-refractivity contribution >= 4 is 5.69 Å². The van der Waals surface area contributed by atoms with Crippen molar-refractivity contribution in [2.75, 3.05) is 31.1 Å². The summed E-state index contributed by atoms with van der Waals surface area (Å²) in [6.07, 6.45) is 1.24. The van der Waals surface area contributed by atoms with Gasteiger partial charge in [0.05, 0.1) is 0 Å². The van der Waals surface area contributed by atoms with Crippen molar-refractivity contribution in [1.82, 2.24) is 5.32 Å². The minimum atomic E-state index is 1.11. The second-order valence-corrected chi connectivity index (χ2v) is 3.43. The summed E-state index contributed by atoms with van der Waals surface area (Å²) in [4.78, 5) is 2.44. The Balaban J connectivity index is 2.06. The van der Waals surface area contributed by atoms with Crippen LogP contribution in [0.5, 0.6) is 0 Å². The molecule has 1 aromatic carbocycles. The molecule has 2 nitrogen and oxygen atoms in total. The van der Waals surface area contributed by atoms with E-state index >= 15 is 0 Å². The second-order valence-electron chi connectivity index (χ2n) is 3.43. The maximum absolute atomic E-state index is 3.41. The van der Waals surface area contributed by atoms with Gasteiger partial charge in [0.2, 0.25) is 0 Å². The van der Waals surface area contributed by atoms with Gasteiger partial charge < -0.3 is 10.2 Å². The quantitative estimate of drug-likeness (QED) is 0.697. The fourth-order valence-electron chi connectivity index (χ4n) is 1.74. The maximum atomic E-state index is 3.41. The van der Waals surface area contributed by atoms with Gasteiger partial charge >= 0.3 is 0 Å². The molecule has 13 heavy (non-hydrogen) atoms. The summed E-state index contributed by atoms with van der Waals surface area (Å²) in [5.41, 5.74) is 1.35. The van der Waals surface area contributed by atoms with Crippen LogP contribution in [0.1, 0.15) is 6.42 Å². The summed E-state index contributed by atoms with van der Waals surface area (Å²) >= 11 is 0. The number of nitrogens with one attached hydrogen (secondary N) is 1. The minimum absolute atomic E-state index is 1.11. The number of anilines is 1. The molecule has 0 aliphatic carbocycles. The van der Waals surface area contributed by atoms with Gasteiger partial charge in [-0.15, -0.1) is 0 Å². The summed E-state index contributed by atoms with van der Waals surface area (Å²) < 4.78 is 0. The Morgan fingerprint density at radius 1 is 1.00 bits per heavy atom. The minimum Gasteiger partial charge on any atom is -0.370 e. The lowest BCUT2D eigenvalue weighted by atomic mass is 10.3. The number of rotatable bonds is 1. The van der Waals surface area contributed by atoms with E-state index in [1.54, 1.807) is 0 Å². The van der Waals surface area contributed by atoms with Crippen LogP contribution in [0.3, 0.4) is 0 Å². The van der Waals surface area contributed by atoms with Crippen LogP contribution in [-0.4, -0.2) is 26.2 Å². The number of para-hydroxylation sites is 1. The summed E-state index contributed by atoms with van der Waals surface area (Å²) in [5.74, 6) is 0. The average molecular weight is 176 g/mol. The third kappa shape index (κ3) is 2.22. The molecule has 0 atom stereocenters. The van der Waals surface area contributed by atoms with Crippen LogP contribution < -0.4 is 10.2 Å². The van der Waals surface area contributed by atoms with Gasteiger partial charge in [0, 0.05) is 25.3 Å². The molecule has 2 rings (SSSR count). The van der Waals surface area contributed by atoms with Gasteiger partial charge in [-0.25, -0.2) is 0 Å². The van der Waals surface area contributed by atoms with Crippen molar-refractivity contribution in [3.05, 3.63) is 30.3 Å². The highest BCUT2D eigenvalue weighted by molar-refractivity contribution is 5.45. The van der Waals surface area contributed by atoms with E-state index in [2.05, 4.69) is 40.5 Å². The predicted molar refractivity (Wildman–Crippen MR) is 56.1 cm³/mol. The Hall–Kier alpha value is -1.02. The van der Waals surface area contributed by atoms with E-state index in [1.807, 2.05) is 0 Å². The van der Waals surface area contributed by atoms with Crippen LogP contribution in [0.25, 0.3) is 0 Å². The molecule has 1 saturated heterocycles. The molecular formula is C11H16N2. The van der Waals surface area contributed by atoms with Crippen LogP contribution in [0, 0.1) is 0 Å². The lowest BCUT2D eigenvalue weighted by Crippen LogP contribution is -2.27. The first kappa shape index (κ1) is 8.57. The smallest absolute Gasteiger partial charge is 0.0366 e. The maximum Gasteiger partial charge on any atom is 0.0366 e. The SMILES string of the molecule is c1ccc(N2CCCNCC2)cc1. The van der Waals surface area contributed by atoms with Crippen molar-refractivity contribution in [3.63, 3.8) is 0 Å². The molecule has 0 bridgehead atoms. The first-order valence-corrected chi connectivity index (χ1v) is 4.97. The number of benzene rings is 1. The van der Waals surface area contributed by atoms with E-state index < -0.39 is 0 Å². The molecule has 1 aromatic rings. The van der Waals surface area contributed by atoms with Crippen molar-refractivity contribution < 1.29 is 0 Å². The molecule has 1 aliphatic heterocycles. The fourth-order valence-corrected chi connectivity index (χ4v) is 1.74. The highest BCUT2D eigenvalue weighted by Crippen LogP contribution is 2.13. The molecule has 0 aromatic heterocycles. The molecule has 1 heterocycles.